The number of nitriles is 1. The van der Waals surface area contributed by atoms with Crippen molar-refractivity contribution in [2.75, 3.05) is 6.54 Å². The van der Waals surface area contributed by atoms with Crippen molar-refractivity contribution in [1.29, 1.82) is 5.26 Å². The van der Waals surface area contributed by atoms with Crippen molar-refractivity contribution in [3.05, 3.63) is 0 Å². The van der Waals surface area contributed by atoms with Gasteiger partial charge in [-0.15, -0.1) is 0 Å². The van der Waals surface area contributed by atoms with Crippen molar-refractivity contribution < 1.29 is 8.42 Å². The molecule has 0 aliphatic heterocycles. The Morgan fingerprint density at radius 3 is 2.22 bits per heavy atom. The molecule has 0 aliphatic carbocycles. The fraction of sp³-hybridized carbons (Fsp3) is 0.923. The predicted molar refractivity (Wildman–Crippen MR) is 74.6 cm³/mol. The molecule has 0 saturated heterocycles. The van der Waals surface area contributed by atoms with Crippen molar-refractivity contribution in [2.45, 2.75) is 70.5 Å². The molecular formula is C13H26N2O2S. The van der Waals surface area contributed by atoms with Crippen LogP contribution in [0.1, 0.15) is 65.2 Å². The maximum atomic E-state index is 12.0. The summed E-state index contributed by atoms with van der Waals surface area (Å²) in [5.74, 6) is 0. The van der Waals surface area contributed by atoms with Crippen molar-refractivity contribution >= 4 is 10.0 Å². The Morgan fingerprint density at radius 2 is 1.67 bits per heavy atom. The Morgan fingerprint density at radius 1 is 1.06 bits per heavy atom. The average Bonchev–Trinajstić information content (AvgIpc) is 2.35. The van der Waals surface area contributed by atoms with Gasteiger partial charge in [0.25, 0.3) is 0 Å². The molecule has 0 radical (unpaired) electrons. The van der Waals surface area contributed by atoms with Crippen LogP contribution in [-0.4, -0.2) is 20.2 Å². The highest BCUT2D eigenvalue weighted by molar-refractivity contribution is 7.90. The Bertz CT molecular complexity index is 333. The first-order valence-electron chi connectivity index (χ1n) is 6.93. The highest BCUT2D eigenvalue weighted by Crippen LogP contribution is 2.17. The number of nitrogens with one attached hydrogen (secondary N) is 1. The van der Waals surface area contributed by atoms with Gasteiger partial charge in [-0.05, 0) is 12.8 Å². The summed E-state index contributed by atoms with van der Waals surface area (Å²) in [5.41, 5.74) is 0. The maximum absolute atomic E-state index is 12.0. The summed E-state index contributed by atoms with van der Waals surface area (Å²) >= 11 is 0. The minimum atomic E-state index is -3.32. The van der Waals surface area contributed by atoms with Crippen molar-refractivity contribution in [1.82, 2.24) is 4.72 Å². The second kappa shape index (κ2) is 10.3. The molecule has 0 aromatic rings. The monoisotopic (exact) mass is 274 g/mol. The van der Waals surface area contributed by atoms with E-state index in [1.54, 1.807) is 0 Å². The minimum Gasteiger partial charge on any atom is -0.212 e. The number of nitrogens with zero attached hydrogens (tertiary/aromatic N) is 1. The van der Waals surface area contributed by atoms with Crippen molar-refractivity contribution in [3.63, 3.8) is 0 Å². The molecule has 0 rings (SSSR count). The van der Waals surface area contributed by atoms with Crippen LogP contribution in [0.25, 0.3) is 0 Å². The molecule has 0 saturated carbocycles. The van der Waals surface area contributed by atoms with Crippen LogP contribution in [0.15, 0.2) is 0 Å². The lowest BCUT2D eigenvalue weighted by atomic mass is 10.1. The molecule has 18 heavy (non-hydrogen) atoms. The summed E-state index contributed by atoms with van der Waals surface area (Å²) in [6, 6.07) is 1.82. The summed E-state index contributed by atoms with van der Waals surface area (Å²) in [6.45, 7) is 4.07. The molecule has 0 aromatic heterocycles. The van der Waals surface area contributed by atoms with E-state index < -0.39 is 10.0 Å². The highest BCUT2D eigenvalue weighted by Gasteiger charge is 2.23. The van der Waals surface area contributed by atoms with Gasteiger partial charge in [-0.3, -0.25) is 0 Å². The van der Waals surface area contributed by atoms with Gasteiger partial charge in [0.1, 0.15) is 0 Å². The summed E-state index contributed by atoms with van der Waals surface area (Å²) < 4.78 is 26.4. The standard InChI is InChI=1S/C13H26N2O2S/c1-3-5-7-8-10-13(9-6-4-2)18(16,17)15-12-11-14/h13,15H,3-10,12H2,1-2H3. The number of rotatable bonds is 11. The topological polar surface area (TPSA) is 70.0 Å². The zero-order chi connectivity index (χ0) is 13.9. The van der Waals surface area contributed by atoms with Gasteiger partial charge in [0.15, 0.2) is 0 Å². The predicted octanol–water partition coefficient (Wildman–Crippen LogP) is 2.96. The lowest BCUT2D eigenvalue weighted by Crippen LogP contribution is -2.34. The second-order valence-corrected chi connectivity index (χ2v) is 6.68. The molecule has 106 valence electrons. The van der Waals surface area contributed by atoms with Gasteiger partial charge < -0.3 is 0 Å². The number of sulfonamides is 1. The molecule has 5 heteroatoms. The van der Waals surface area contributed by atoms with Gasteiger partial charge in [0.05, 0.1) is 17.9 Å². The Hall–Kier alpha value is -0.600. The minimum absolute atomic E-state index is 0.125. The van der Waals surface area contributed by atoms with Gasteiger partial charge in [-0.2, -0.15) is 5.26 Å². The summed E-state index contributed by atoms with van der Waals surface area (Å²) in [6.07, 6.45) is 7.68. The summed E-state index contributed by atoms with van der Waals surface area (Å²) in [5, 5.41) is 8.13. The summed E-state index contributed by atoms with van der Waals surface area (Å²) in [7, 11) is -3.32. The van der Waals surface area contributed by atoms with E-state index in [4.69, 9.17) is 5.26 Å². The van der Waals surface area contributed by atoms with Gasteiger partial charge in [0.2, 0.25) is 10.0 Å². The van der Waals surface area contributed by atoms with Crippen LogP contribution in [0.3, 0.4) is 0 Å². The zero-order valence-corrected chi connectivity index (χ0v) is 12.4. The summed E-state index contributed by atoms with van der Waals surface area (Å²) in [4.78, 5) is 0. The molecule has 1 unspecified atom stereocenters. The van der Waals surface area contributed by atoms with Crippen LogP contribution in [0.5, 0.6) is 0 Å². The lowest BCUT2D eigenvalue weighted by molar-refractivity contribution is 0.523. The molecule has 0 fully saturated rings. The number of hydrogen-bond acceptors (Lipinski definition) is 3. The molecule has 0 heterocycles. The molecule has 4 nitrogen and oxygen atoms in total. The molecule has 0 amide bonds. The first-order chi connectivity index (χ1) is 8.58. The van der Waals surface area contributed by atoms with E-state index in [-0.39, 0.29) is 11.8 Å². The first kappa shape index (κ1) is 17.4. The largest absolute Gasteiger partial charge is 0.215 e. The molecule has 1 N–H and O–H groups in total. The van der Waals surface area contributed by atoms with E-state index in [2.05, 4.69) is 18.6 Å². The number of unbranched alkanes of at least 4 members (excludes halogenated alkanes) is 4. The third-order valence-corrected chi connectivity index (χ3v) is 4.95. The average molecular weight is 274 g/mol. The van der Waals surface area contributed by atoms with E-state index in [1.165, 1.54) is 0 Å². The van der Waals surface area contributed by atoms with Gasteiger partial charge >= 0.3 is 0 Å². The Balaban J connectivity index is 4.32. The van der Waals surface area contributed by atoms with E-state index in [0.717, 1.165) is 38.5 Å². The Kier molecular flexibility index (Phi) is 9.99. The molecule has 0 bridgehead atoms. The fourth-order valence-electron chi connectivity index (χ4n) is 1.94. The molecule has 1 atom stereocenters. The normalized spacial score (nSPS) is 13.2. The fourth-order valence-corrected chi connectivity index (χ4v) is 3.39. The van der Waals surface area contributed by atoms with E-state index in [0.29, 0.717) is 12.8 Å². The molecular weight excluding hydrogens is 248 g/mol. The van der Waals surface area contributed by atoms with E-state index in [9.17, 15) is 8.42 Å². The molecule has 0 aliphatic rings. The van der Waals surface area contributed by atoms with Gasteiger partial charge in [0, 0.05) is 0 Å². The van der Waals surface area contributed by atoms with Crippen LogP contribution < -0.4 is 4.72 Å². The van der Waals surface area contributed by atoms with Gasteiger partial charge in [-0.25, -0.2) is 13.1 Å². The van der Waals surface area contributed by atoms with Crippen molar-refractivity contribution in [2.24, 2.45) is 0 Å². The van der Waals surface area contributed by atoms with E-state index >= 15 is 0 Å². The molecule has 0 spiro atoms. The second-order valence-electron chi connectivity index (χ2n) is 4.64. The van der Waals surface area contributed by atoms with Crippen molar-refractivity contribution in [3.8, 4) is 6.07 Å². The van der Waals surface area contributed by atoms with Crippen LogP contribution in [0.2, 0.25) is 0 Å². The van der Waals surface area contributed by atoms with Crippen LogP contribution >= 0.6 is 0 Å². The third-order valence-electron chi connectivity index (χ3n) is 3.05. The van der Waals surface area contributed by atoms with Crippen LogP contribution in [0.4, 0.5) is 0 Å². The molecule has 0 aromatic carbocycles. The van der Waals surface area contributed by atoms with Crippen LogP contribution in [-0.2, 0) is 10.0 Å². The van der Waals surface area contributed by atoms with Crippen LogP contribution in [0, 0.1) is 11.3 Å². The SMILES string of the molecule is CCCCCCC(CCCC)S(=O)(=O)NCC#N. The van der Waals surface area contributed by atoms with Gasteiger partial charge in [-0.1, -0.05) is 52.4 Å². The zero-order valence-electron chi connectivity index (χ0n) is 11.6. The maximum Gasteiger partial charge on any atom is 0.215 e. The lowest BCUT2D eigenvalue weighted by Gasteiger charge is -2.17. The quantitative estimate of drug-likeness (QED) is 0.465. The number of hydrogen-bond donors (Lipinski definition) is 1. The van der Waals surface area contributed by atoms with E-state index in [1.807, 2.05) is 6.07 Å². The highest BCUT2D eigenvalue weighted by atomic mass is 32.2. The third kappa shape index (κ3) is 7.67. The smallest absolute Gasteiger partial charge is 0.212 e. The Labute approximate surface area is 112 Å². The first-order valence-corrected chi connectivity index (χ1v) is 8.48.